The van der Waals surface area contributed by atoms with Crippen LogP contribution >= 0.6 is 0 Å². The van der Waals surface area contributed by atoms with Gasteiger partial charge in [-0.15, -0.1) is 0 Å². The Bertz CT molecular complexity index is 1100. The number of carbonyl (C=O) groups excluding carboxylic acids is 1. The standard InChI is InChI=1S/C25H20O4/c1-16-7-13-22(17-5-3-2-4-6-17)23-15-20(12-14-21(16)23)29-25(28)19-10-8-18(9-11-19)24(26)27/h2-14,20H,15H2,1H3,(H,26,27). The Morgan fingerprint density at radius 2 is 1.62 bits per heavy atom. The number of rotatable bonds is 4. The lowest BCUT2D eigenvalue weighted by Crippen LogP contribution is -2.22. The second-order valence-electron chi connectivity index (χ2n) is 7.08. The van der Waals surface area contributed by atoms with Crippen molar-refractivity contribution in [2.45, 2.75) is 19.4 Å². The third-order valence-corrected chi connectivity index (χ3v) is 5.17. The SMILES string of the molecule is Cc1ccc(-c2ccccc2)c2c1C=CC(OC(=O)c1ccc(C(=O)O)cc1)C2. The average molecular weight is 384 g/mol. The number of hydrogen-bond acceptors (Lipinski definition) is 3. The van der Waals surface area contributed by atoms with Gasteiger partial charge in [-0.05, 0) is 65.1 Å². The molecule has 0 amide bonds. The molecule has 0 bridgehead atoms. The Morgan fingerprint density at radius 1 is 0.931 bits per heavy atom. The van der Waals surface area contributed by atoms with E-state index in [1.807, 2.05) is 30.4 Å². The van der Waals surface area contributed by atoms with Crippen LogP contribution in [0, 0.1) is 6.92 Å². The minimum atomic E-state index is -1.03. The smallest absolute Gasteiger partial charge is 0.338 e. The van der Waals surface area contributed by atoms with E-state index >= 15 is 0 Å². The summed E-state index contributed by atoms with van der Waals surface area (Å²) in [5, 5.41) is 8.99. The van der Waals surface area contributed by atoms with Crippen molar-refractivity contribution < 1.29 is 19.4 Å². The van der Waals surface area contributed by atoms with Crippen LogP contribution in [0.3, 0.4) is 0 Å². The van der Waals surface area contributed by atoms with Crippen LogP contribution in [-0.4, -0.2) is 23.1 Å². The average Bonchev–Trinajstić information content (AvgIpc) is 2.74. The normalized spacial score (nSPS) is 14.9. The summed E-state index contributed by atoms with van der Waals surface area (Å²) < 4.78 is 5.69. The molecule has 4 nitrogen and oxygen atoms in total. The highest BCUT2D eigenvalue weighted by molar-refractivity contribution is 5.92. The minimum absolute atomic E-state index is 0.135. The largest absolute Gasteiger partial charge is 0.478 e. The first kappa shape index (κ1) is 18.7. The molecule has 0 heterocycles. The van der Waals surface area contributed by atoms with E-state index in [2.05, 4.69) is 31.2 Å². The predicted molar refractivity (Wildman–Crippen MR) is 112 cm³/mol. The minimum Gasteiger partial charge on any atom is -0.478 e. The Kier molecular flexibility index (Phi) is 5.00. The molecule has 3 aromatic carbocycles. The molecule has 0 fully saturated rings. The first-order valence-corrected chi connectivity index (χ1v) is 9.43. The highest BCUT2D eigenvalue weighted by Gasteiger charge is 2.22. The van der Waals surface area contributed by atoms with E-state index in [1.165, 1.54) is 35.4 Å². The van der Waals surface area contributed by atoms with E-state index in [0.717, 1.165) is 16.7 Å². The van der Waals surface area contributed by atoms with Crippen LogP contribution in [0.15, 0.2) is 72.8 Å². The van der Waals surface area contributed by atoms with Gasteiger partial charge in [0.05, 0.1) is 11.1 Å². The van der Waals surface area contributed by atoms with Crippen LogP contribution in [-0.2, 0) is 11.2 Å². The molecule has 0 aromatic heterocycles. The van der Waals surface area contributed by atoms with Gasteiger partial charge in [-0.1, -0.05) is 48.5 Å². The molecule has 1 atom stereocenters. The van der Waals surface area contributed by atoms with Crippen LogP contribution in [0.25, 0.3) is 17.2 Å². The Morgan fingerprint density at radius 3 is 2.31 bits per heavy atom. The van der Waals surface area contributed by atoms with Gasteiger partial charge >= 0.3 is 11.9 Å². The van der Waals surface area contributed by atoms with Gasteiger partial charge in [0, 0.05) is 6.42 Å². The second kappa shape index (κ2) is 7.76. The van der Waals surface area contributed by atoms with Gasteiger partial charge in [-0.3, -0.25) is 0 Å². The summed E-state index contributed by atoms with van der Waals surface area (Å²) in [4.78, 5) is 23.5. The van der Waals surface area contributed by atoms with Crippen molar-refractivity contribution in [1.29, 1.82) is 0 Å². The molecule has 1 aliphatic rings. The summed E-state index contributed by atoms with van der Waals surface area (Å²) in [5.74, 6) is -1.49. The van der Waals surface area contributed by atoms with Gasteiger partial charge in [0.15, 0.2) is 0 Å². The number of benzene rings is 3. The summed E-state index contributed by atoms with van der Waals surface area (Å²) in [6.45, 7) is 2.08. The quantitative estimate of drug-likeness (QED) is 0.632. The maximum absolute atomic E-state index is 12.5. The van der Waals surface area contributed by atoms with Crippen LogP contribution in [0.1, 0.15) is 37.4 Å². The molecule has 1 N–H and O–H groups in total. The van der Waals surface area contributed by atoms with Crippen molar-refractivity contribution in [2.75, 3.05) is 0 Å². The molecule has 1 aliphatic carbocycles. The van der Waals surface area contributed by atoms with Crippen LogP contribution in [0.2, 0.25) is 0 Å². The molecular formula is C25H20O4. The summed E-state index contributed by atoms with van der Waals surface area (Å²) >= 11 is 0. The molecule has 144 valence electrons. The molecule has 1 unspecified atom stereocenters. The van der Waals surface area contributed by atoms with E-state index in [9.17, 15) is 9.59 Å². The van der Waals surface area contributed by atoms with Crippen LogP contribution in [0.4, 0.5) is 0 Å². The van der Waals surface area contributed by atoms with Crippen molar-refractivity contribution in [1.82, 2.24) is 0 Å². The maximum Gasteiger partial charge on any atom is 0.338 e. The molecule has 0 spiro atoms. The molecule has 0 saturated carbocycles. The summed E-state index contributed by atoms with van der Waals surface area (Å²) in [6, 6.07) is 20.2. The van der Waals surface area contributed by atoms with E-state index in [4.69, 9.17) is 9.84 Å². The van der Waals surface area contributed by atoms with Crippen molar-refractivity contribution in [3.8, 4) is 11.1 Å². The lowest BCUT2D eigenvalue weighted by Gasteiger charge is -2.24. The van der Waals surface area contributed by atoms with Gasteiger partial charge in [-0.25, -0.2) is 9.59 Å². The topological polar surface area (TPSA) is 63.6 Å². The van der Waals surface area contributed by atoms with Crippen molar-refractivity contribution in [2.24, 2.45) is 0 Å². The number of aryl methyl sites for hydroxylation is 1. The maximum atomic E-state index is 12.5. The predicted octanol–water partition coefficient (Wildman–Crippen LogP) is 5.16. The number of fused-ring (bicyclic) bond motifs is 1. The molecule has 29 heavy (non-hydrogen) atoms. The van der Waals surface area contributed by atoms with Crippen LogP contribution < -0.4 is 0 Å². The molecule has 4 rings (SSSR count). The Hall–Kier alpha value is -3.66. The van der Waals surface area contributed by atoms with Crippen LogP contribution in [0.5, 0.6) is 0 Å². The third-order valence-electron chi connectivity index (χ3n) is 5.17. The fraction of sp³-hybridized carbons (Fsp3) is 0.120. The third kappa shape index (κ3) is 3.83. The van der Waals surface area contributed by atoms with E-state index in [0.29, 0.717) is 12.0 Å². The molecule has 0 aliphatic heterocycles. The number of carboxylic acid groups (broad SMARTS) is 1. The fourth-order valence-electron chi connectivity index (χ4n) is 3.63. The van der Waals surface area contributed by atoms with Crippen molar-refractivity contribution >= 4 is 18.0 Å². The summed E-state index contributed by atoms with van der Waals surface area (Å²) in [5.41, 5.74) is 6.26. The first-order valence-electron chi connectivity index (χ1n) is 9.43. The molecular weight excluding hydrogens is 364 g/mol. The number of esters is 1. The summed E-state index contributed by atoms with van der Waals surface area (Å²) in [6.07, 6.45) is 4.15. The zero-order chi connectivity index (χ0) is 20.4. The van der Waals surface area contributed by atoms with Gasteiger partial charge < -0.3 is 9.84 Å². The number of aromatic carboxylic acids is 1. The summed E-state index contributed by atoms with van der Waals surface area (Å²) in [7, 11) is 0. The monoisotopic (exact) mass is 384 g/mol. The van der Waals surface area contributed by atoms with Gasteiger partial charge in [0.25, 0.3) is 0 Å². The number of hydrogen-bond donors (Lipinski definition) is 1. The highest BCUT2D eigenvalue weighted by Crippen LogP contribution is 2.33. The fourth-order valence-corrected chi connectivity index (χ4v) is 3.63. The van der Waals surface area contributed by atoms with Gasteiger partial charge in [-0.2, -0.15) is 0 Å². The number of carboxylic acids is 1. The molecule has 0 radical (unpaired) electrons. The zero-order valence-electron chi connectivity index (χ0n) is 16.0. The zero-order valence-corrected chi connectivity index (χ0v) is 16.0. The van der Waals surface area contributed by atoms with Crippen molar-refractivity contribution in [3.05, 3.63) is 101 Å². The first-order chi connectivity index (χ1) is 14.0. The van der Waals surface area contributed by atoms with E-state index in [-0.39, 0.29) is 11.7 Å². The number of ether oxygens (including phenoxy) is 1. The number of carbonyl (C=O) groups is 2. The second-order valence-corrected chi connectivity index (χ2v) is 7.08. The molecule has 3 aromatic rings. The molecule has 4 heteroatoms. The Balaban J connectivity index is 1.58. The lowest BCUT2D eigenvalue weighted by atomic mass is 9.86. The Labute approximate surface area is 169 Å². The van der Waals surface area contributed by atoms with E-state index < -0.39 is 11.9 Å². The van der Waals surface area contributed by atoms with E-state index in [1.54, 1.807) is 0 Å². The highest BCUT2D eigenvalue weighted by atomic mass is 16.5. The van der Waals surface area contributed by atoms with Gasteiger partial charge in [0.2, 0.25) is 0 Å². The lowest BCUT2D eigenvalue weighted by molar-refractivity contribution is 0.0394. The van der Waals surface area contributed by atoms with Gasteiger partial charge in [0.1, 0.15) is 6.10 Å². The van der Waals surface area contributed by atoms with Crippen molar-refractivity contribution in [3.63, 3.8) is 0 Å². The molecule has 0 saturated heterocycles.